The fourth-order valence-corrected chi connectivity index (χ4v) is 5.05. The zero-order chi connectivity index (χ0) is 28.9. The lowest BCUT2D eigenvalue weighted by molar-refractivity contribution is -0.157. The van der Waals surface area contributed by atoms with Gasteiger partial charge in [0.2, 0.25) is 0 Å². The second kappa shape index (κ2) is 12.5. The summed E-state index contributed by atoms with van der Waals surface area (Å²) in [5, 5.41) is 13.9. The summed E-state index contributed by atoms with van der Waals surface area (Å²) in [6.45, 7) is 10.3. The zero-order valence-electron chi connectivity index (χ0n) is 24.0. The Morgan fingerprint density at radius 2 is 1.70 bits per heavy atom. The molecule has 0 aliphatic rings. The van der Waals surface area contributed by atoms with Crippen molar-refractivity contribution in [2.75, 3.05) is 6.54 Å². The number of hydrogen-bond acceptors (Lipinski definition) is 5. The van der Waals surface area contributed by atoms with E-state index in [9.17, 15) is 14.7 Å². The van der Waals surface area contributed by atoms with Gasteiger partial charge in [0.05, 0.1) is 5.56 Å². The quantitative estimate of drug-likeness (QED) is 0.150. The molecule has 0 saturated heterocycles. The minimum Gasteiger partial charge on any atom is -0.478 e. The molecule has 1 atom stereocenters. The molecule has 2 aromatic heterocycles. The molecule has 7 heteroatoms. The standard InChI is InChI=1S/C33H39N3O4/c1-21-16-22(2)18-25(17-21)30-27(26-19-24(31(37)38)9-10-28(26)36-30)20-29(32(39)40-33(3,4)5)35-13-7-6-8-23-11-14-34-15-12-23/h9-12,14-19,29,35-36H,6-8,13,20H2,1-5H3,(H,37,38). The second-order valence-corrected chi connectivity index (χ2v) is 11.5. The molecular formula is C33H39N3O4. The number of esters is 1. The number of carbonyl (C=O) groups excluding carboxylic acids is 1. The molecule has 0 aliphatic carbocycles. The number of nitrogens with zero attached hydrogens (tertiary/aromatic N) is 1. The van der Waals surface area contributed by atoms with E-state index in [1.165, 1.54) is 5.56 Å². The van der Waals surface area contributed by atoms with Gasteiger partial charge in [-0.1, -0.05) is 17.2 Å². The summed E-state index contributed by atoms with van der Waals surface area (Å²) in [6, 6.07) is 14.9. The van der Waals surface area contributed by atoms with Crippen LogP contribution in [0.15, 0.2) is 60.9 Å². The number of fused-ring (bicyclic) bond motifs is 1. The molecule has 4 aromatic rings. The minimum absolute atomic E-state index is 0.206. The first-order valence-corrected chi connectivity index (χ1v) is 13.8. The molecule has 0 amide bonds. The number of nitrogens with one attached hydrogen (secondary N) is 2. The number of aromatic carboxylic acids is 1. The summed E-state index contributed by atoms with van der Waals surface area (Å²) in [7, 11) is 0. The number of aryl methyl sites for hydroxylation is 3. The van der Waals surface area contributed by atoms with Gasteiger partial charge in [-0.05, 0) is 120 Å². The maximum absolute atomic E-state index is 13.4. The number of hydrogen-bond donors (Lipinski definition) is 3. The Labute approximate surface area is 236 Å². The SMILES string of the molecule is Cc1cc(C)cc(-c2[nH]c3ccc(C(=O)O)cc3c2CC(NCCCCc2ccncc2)C(=O)OC(C)(C)C)c1. The van der Waals surface area contributed by atoms with Gasteiger partial charge in [-0.3, -0.25) is 9.78 Å². The van der Waals surface area contributed by atoms with E-state index in [1.54, 1.807) is 30.6 Å². The number of carboxylic acid groups (broad SMARTS) is 1. The predicted molar refractivity (Wildman–Crippen MR) is 159 cm³/mol. The highest BCUT2D eigenvalue weighted by atomic mass is 16.6. The molecule has 0 saturated carbocycles. The highest BCUT2D eigenvalue weighted by molar-refractivity contribution is 5.98. The molecular weight excluding hydrogens is 502 g/mol. The Balaban J connectivity index is 1.66. The normalized spacial score (nSPS) is 12.4. The van der Waals surface area contributed by atoms with Crippen LogP contribution in [0.5, 0.6) is 0 Å². The van der Waals surface area contributed by atoms with Gasteiger partial charge in [-0.15, -0.1) is 0 Å². The smallest absolute Gasteiger partial charge is 0.335 e. The minimum atomic E-state index is -0.988. The Morgan fingerprint density at radius 3 is 2.35 bits per heavy atom. The van der Waals surface area contributed by atoms with Gasteiger partial charge < -0.3 is 20.1 Å². The lowest BCUT2D eigenvalue weighted by atomic mass is 9.96. The second-order valence-electron chi connectivity index (χ2n) is 11.5. The van der Waals surface area contributed by atoms with Gasteiger partial charge in [0.1, 0.15) is 11.6 Å². The number of ether oxygens (including phenoxy) is 1. The van der Waals surface area contributed by atoms with E-state index < -0.39 is 17.6 Å². The monoisotopic (exact) mass is 541 g/mol. The average molecular weight is 542 g/mol. The van der Waals surface area contributed by atoms with Crippen LogP contribution in [-0.4, -0.2) is 45.2 Å². The van der Waals surface area contributed by atoms with Crippen molar-refractivity contribution in [1.29, 1.82) is 0 Å². The van der Waals surface area contributed by atoms with Gasteiger partial charge in [0, 0.05) is 35.4 Å². The van der Waals surface area contributed by atoms with Gasteiger partial charge in [0.15, 0.2) is 0 Å². The maximum Gasteiger partial charge on any atom is 0.335 e. The molecule has 0 aliphatic heterocycles. The Bertz CT molecular complexity index is 1460. The fraction of sp³-hybridized carbons (Fsp3) is 0.364. The van der Waals surface area contributed by atoms with E-state index in [0.29, 0.717) is 13.0 Å². The maximum atomic E-state index is 13.4. The molecule has 3 N–H and O–H groups in total. The first-order chi connectivity index (χ1) is 19.0. The zero-order valence-corrected chi connectivity index (χ0v) is 24.0. The largest absolute Gasteiger partial charge is 0.478 e. The molecule has 210 valence electrons. The fourth-order valence-electron chi connectivity index (χ4n) is 5.05. The molecule has 2 aromatic carbocycles. The molecule has 1 unspecified atom stereocenters. The van der Waals surface area contributed by atoms with Gasteiger partial charge in [-0.25, -0.2) is 4.79 Å². The average Bonchev–Trinajstić information content (AvgIpc) is 3.24. The van der Waals surface area contributed by atoms with E-state index in [4.69, 9.17) is 4.74 Å². The van der Waals surface area contributed by atoms with Gasteiger partial charge in [0.25, 0.3) is 0 Å². The number of H-pyrrole nitrogens is 1. The van der Waals surface area contributed by atoms with Crippen molar-refractivity contribution in [3.8, 4) is 11.3 Å². The van der Waals surface area contributed by atoms with Crippen LogP contribution in [0.4, 0.5) is 0 Å². The number of carbonyl (C=O) groups is 2. The summed E-state index contributed by atoms with van der Waals surface area (Å²) < 4.78 is 5.82. The van der Waals surface area contributed by atoms with E-state index in [1.807, 2.05) is 32.9 Å². The molecule has 0 bridgehead atoms. The molecule has 40 heavy (non-hydrogen) atoms. The number of rotatable bonds is 11. The molecule has 7 nitrogen and oxygen atoms in total. The third kappa shape index (κ3) is 7.57. The van der Waals surface area contributed by atoms with Crippen LogP contribution in [0.25, 0.3) is 22.2 Å². The highest BCUT2D eigenvalue weighted by Gasteiger charge is 2.28. The first-order valence-electron chi connectivity index (χ1n) is 13.8. The van der Waals surface area contributed by atoms with E-state index in [-0.39, 0.29) is 11.5 Å². The van der Waals surface area contributed by atoms with Crippen molar-refractivity contribution in [2.45, 2.75) is 71.9 Å². The number of benzene rings is 2. The van der Waals surface area contributed by atoms with E-state index in [0.717, 1.165) is 58.1 Å². The van der Waals surface area contributed by atoms with Gasteiger partial charge in [-0.2, -0.15) is 0 Å². The van der Waals surface area contributed by atoms with Crippen LogP contribution >= 0.6 is 0 Å². The van der Waals surface area contributed by atoms with E-state index >= 15 is 0 Å². The van der Waals surface area contributed by atoms with Crippen molar-refractivity contribution >= 4 is 22.8 Å². The predicted octanol–water partition coefficient (Wildman–Crippen LogP) is 6.41. The third-order valence-corrected chi connectivity index (χ3v) is 6.80. The van der Waals surface area contributed by atoms with Crippen molar-refractivity contribution < 1.29 is 19.4 Å². The summed E-state index contributed by atoms with van der Waals surface area (Å²) in [6.07, 6.45) is 6.76. The molecule has 2 heterocycles. The third-order valence-electron chi connectivity index (χ3n) is 6.80. The Morgan fingerprint density at radius 1 is 1.00 bits per heavy atom. The van der Waals surface area contributed by atoms with Crippen molar-refractivity contribution in [2.24, 2.45) is 0 Å². The Hall–Kier alpha value is -3.97. The number of pyridine rings is 1. The number of unbranched alkanes of at least 4 members (excludes halogenated alkanes) is 1. The lowest BCUT2D eigenvalue weighted by Gasteiger charge is -2.25. The van der Waals surface area contributed by atoms with Crippen molar-refractivity contribution in [1.82, 2.24) is 15.3 Å². The highest BCUT2D eigenvalue weighted by Crippen LogP contribution is 2.33. The lowest BCUT2D eigenvalue weighted by Crippen LogP contribution is -2.43. The first kappa shape index (κ1) is 29.0. The van der Waals surface area contributed by atoms with Crippen LogP contribution in [-0.2, 0) is 22.4 Å². The topological polar surface area (TPSA) is 104 Å². The summed E-state index contributed by atoms with van der Waals surface area (Å²) in [5.74, 6) is -1.31. The van der Waals surface area contributed by atoms with E-state index in [2.05, 4.69) is 47.3 Å². The summed E-state index contributed by atoms with van der Waals surface area (Å²) >= 11 is 0. The van der Waals surface area contributed by atoms with Crippen molar-refractivity contribution in [3.05, 3.63) is 88.7 Å². The molecule has 0 radical (unpaired) electrons. The van der Waals surface area contributed by atoms with Crippen molar-refractivity contribution in [3.63, 3.8) is 0 Å². The molecule has 0 fully saturated rings. The molecule has 4 rings (SSSR count). The number of aromatic amines is 1. The van der Waals surface area contributed by atoms with Crippen LogP contribution < -0.4 is 5.32 Å². The molecule has 0 spiro atoms. The summed E-state index contributed by atoms with van der Waals surface area (Å²) in [4.78, 5) is 32.8. The summed E-state index contributed by atoms with van der Waals surface area (Å²) in [5.41, 5.74) is 6.67. The van der Waals surface area contributed by atoms with Crippen LogP contribution in [0, 0.1) is 13.8 Å². The van der Waals surface area contributed by atoms with Gasteiger partial charge >= 0.3 is 11.9 Å². The number of carboxylic acids is 1. The van der Waals surface area contributed by atoms with Crippen LogP contribution in [0.2, 0.25) is 0 Å². The van der Waals surface area contributed by atoms with Crippen LogP contribution in [0.3, 0.4) is 0 Å². The van der Waals surface area contributed by atoms with Crippen LogP contribution in [0.1, 0.15) is 66.2 Å². The number of aromatic nitrogens is 2. The Kier molecular flexibility index (Phi) is 9.05.